The molecule has 0 spiro atoms. The number of halogens is 2. The summed E-state index contributed by atoms with van der Waals surface area (Å²) < 4.78 is 0. The van der Waals surface area contributed by atoms with Crippen LogP contribution in [0.1, 0.15) is 24.9 Å². The third-order valence-electron chi connectivity index (χ3n) is 3.00. The van der Waals surface area contributed by atoms with Gasteiger partial charge in [-0.15, -0.1) is 0 Å². The van der Waals surface area contributed by atoms with E-state index >= 15 is 0 Å². The average molecular weight is 280 g/mol. The van der Waals surface area contributed by atoms with Crippen molar-refractivity contribution in [2.45, 2.75) is 19.4 Å². The SMILES string of the molecule is CCC(N)c1cccc(-c2ccc(Cl)cc2Cl)c1. The third-order valence-corrected chi connectivity index (χ3v) is 3.54. The van der Waals surface area contributed by atoms with Gasteiger partial charge >= 0.3 is 0 Å². The fourth-order valence-corrected chi connectivity index (χ4v) is 2.41. The second kappa shape index (κ2) is 5.75. The van der Waals surface area contributed by atoms with Gasteiger partial charge in [0, 0.05) is 21.7 Å². The highest BCUT2D eigenvalue weighted by atomic mass is 35.5. The predicted molar refractivity (Wildman–Crippen MR) is 79.1 cm³/mol. The highest BCUT2D eigenvalue weighted by molar-refractivity contribution is 6.36. The first-order valence-electron chi connectivity index (χ1n) is 5.92. The van der Waals surface area contributed by atoms with Crippen LogP contribution in [0, 0.1) is 0 Å². The second-order valence-electron chi connectivity index (χ2n) is 4.26. The molecule has 0 aromatic heterocycles. The first kappa shape index (κ1) is 13.4. The van der Waals surface area contributed by atoms with Crippen molar-refractivity contribution in [3.63, 3.8) is 0 Å². The fraction of sp³-hybridized carbons (Fsp3) is 0.200. The molecule has 2 N–H and O–H groups in total. The fourth-order valence-electron chi connectivity index (χ4n) is 1.90. The van der Waals surface area contributed by atoms with E-state index in [9.17, 15) is 0 Å². The molecule has 1 nitrogen and oxygen atoms in total. The summed E-state index contributed by atoms with van der Waals surface area (Å²) in [5.74, 6) is 0. The van der Waals surface area contributed by atoms with Crippen molar-refractivity contribution >= 4 is 23.2 Å². The van der Waals surface area contributed by atoms with Crippen LogP contribution in [0.5, 0.6) is 0 Å². The van der Waals surface area contributed by atoms with Crippen LogP contribution in [0.4, 0.5) is 0 Å². The summed E-state index contributed by atoms with van der Waals surface area (Å²) in [5.41, 5.74) is 9.22. The first-order valence-corrected chi connectivity index (χ1v) is 6.68. The van der Waals surface area contributed by atoms with Crippen LogP contribution in [-0.2, 0) is 0 Å². The van der Waals surface area contributed by atoms with Gasteiger partial charge in [-0.25, -0.2) is 0 Å². The minimum atomic E-state index is 0.0658. The number of hydrogen-bond donors (Lipinski definition) is 1. The van der Waals surface area contributed by atoms with Crippen LogP contribution in [0.3, 0.4) is 0 Å². The number of rotatable bonds is 3. The zero-order chi connectivity index (χ0) is 13.1. The Hall–Kier alpha value is -1.02. The van der Waals surface area contributed by atoms with Crippen molar-refractivity contribution in [3.05, 3.63) is 58.1 Å². The van der Waals surface area contributed by atoms with Gasteiger partial charge < -0.3 is 5.73 Å². The van der Waals surface area contributed by atoms with Gasteiger partial charge in [-0.05, 0) is 35.7 Å². The summed E-state index contributed by atoms with van der Waals surface area (Å²) >= 11 is 12.1. The largest absolute Gasteiger partial charge is 0.324 e. The molecular weight excluding hydrogens is 265 g/mol. The van der Waals surface area contributed by atoms with Crippen molar-refractivity contribution in [2.24, 2.45) is 5.73 Å². The van der Waals surface area contributed by atoms with E-state index in [2.05, 4.69) is 13.0 Å². The minimum Gasteiger partial charge on any atom is -0.324 e. The Morgan fingerprint density at radius 2 is 1.89 bits per heavy atom. The molecule has 0 saturated heterocycles. The lowest BCUT2D eigenvalue weighted by molar-refractivity contribution is 0.699. The molecule has 18 heavy (non-hydrogen) atoms. The van der Waals surface area contributed by atoms with Crippen molar-refractivity contribution in [1.82, 2.24) is 0 Å². The van der Waals surface area contributed by atoms with Crippen molar-refractivity contribution in [3.8, 4) is 11.1 Å². The van der Waals surface area contributed by atoms with E-state index in [0.29, 0.717) is 10.0 Å². The summed E-state index contributed by atoms with van der Waals surface area (Å²) in [4.78, 5) is 0. The standard InChI is InChI=1S/C15H15Cl2N/c1-2-15(18)11-5-3-4-10(8-11)13-7-6-12(16)9-14(13)17/h3-9,15H,2,18H2,1H3. The summed E-state index contributed by atoms with van der Waals surface area (Å²) in [6.45, 7) is 2.08. The zero-order valence-corrected chi connectivity index (χ0v) is 11.7. The Labute approximate surface area is 118 Å². The maximum Gasteiger partial charge on any atom is 0.0499 e. The molecule has 0 aliphatic heterocycles. The van der Waals surface area contributed by atoms with Gasteiger partial charge in [0.2, 0.25) is 0 Å². The highest BCUT2D eigenvalue weighted by Gasteiger charge is 2.07. The van der Waals surface area contributed by atoms with Gasteiger partial charge in [0.25, 0.3) is 0 Å². The highest BCUT2D eigenvalue weighted by Crippen LogP contribution is 2.31. The van der Waals surface area contributed by atoms with Gasteiger partial charge in [0.1, 0.15) is 0 Å². The molecule has 0 aliphatic carbocycles. The van der Waals surface area contributed by atoms with Crippen molar-refractivity contribution < 1.29 is 0 Å². The maximum atomic E-state index is 6.21. The van der Waals surface area contributed by atoms with Gasteiger partial charge in [-0.1, -0.05) is 54.4 Å². The van der Waals surface area contributed by atoms with E-state index in [1.807, 2.05) is 30.3 Å². The Morgan fingerprint density at radius 1 is 1.11 bits per heavy atom. The molecular formula is C15H15Cl2N. The van der Waals surface area contributed by atoms with E-state index in [1.54, 1.807) is 6.07 Å². The smallest absolute Gasteiger partial charge is 0.0499 e. The van der Waals surface area contributed by atoms with E-state index in [4.69, 9.17) is 28.9 Å². The molecule has 1 unspecified atom stereocenters. The maximum absolute atomic E-state index is 6.21. The quantitative estimate of drug-likeness (QED) is 0.834. The Bertz CT molecular complexity index is 552. The van der Waals surface area contributed by atoms with Crippen LogP contribution in [0.25, 0.3) is 11.1 Å². The zero-order valence-electron chi connectivity index (χ0n) is 10.2. The normalized spacial score (nSPS) is 12.4. The van der Waals surface area contributed by atoms with Crippen LogP contribution in [0.15, 0.2) is 42.5 Å². The van der Waals surface area contributed by atoms with Gasteiger partial charge in [-0.2, -0.15) is 0 Å². The van der Waals surface area contributed by atoms with E-state index < -0.39 is 0 Å². The van der Waals surface area contributed by atoms with Crippen LogP contribution in [0.2, 0.25) is 10.0 Å². The minimum absolute atomic E-state index is 0.0658. The molecule has 0 amide bonds. The van der Waals surface area contributed by atoms with Crippen LogP contribution in [-0.4, -0.2) is 0 Å². The number of nitrogens with two attached hydrogens (primary N) is 1. The molecule has 0 saturated carbocycles. The lowest BCUT2D eigenvalue weighted by atomic mass is 9.99. The van der Waals surface area contributed by atoms with Crippen molar-refractivity contribution in [2.75, 3.05) is 0 Å². The molecule has 3 heteroatoms. The molecule has 2 rings (SSSR count). The van der Waals surface area contributed by atoms with Gasteiger partial charge in [0.05, 0.1) is 0 Å². The summed E-state index contributed by atoms with van der Waals surface area (Å²) in [7, 11) is 0. The van der Waals surface area contributed by atoms with Gasteiger partial charge in [0.15, 0.2) is 0 Å². The van der Waals surface area contributed by atoms with Crippen LogP contribution >= 0.6 is 23.2 Å². The molecule has 94 valence electrons. The van der Waals surface area contributed by atoms with Crippen molar-refractivity contribution in [1.29, 1.82) is 0 Å². The van der Waals surface area contributed by atoms with E-state index in [1.165, 1.54) is 0 Å². The molecule has 0 heterocycles. The lowest BCUT2D eigenvalue weighted by Gasteiger charge is -2.12. The second-order valence-corrected chi connectivity index (χ2v) is 5.11. The van der Waals surface area contributed by atoms with E-state index in [-0.39, 0.29) is 6.04 Å². The van der Waals surface area contributed by atoms with E-state index in [0.717, 1.165) is 23.1 Å². The lowest BCUT2D eigenvalue weighted by Crippen LogP contribution is -2.08. The number of benzene rings is 2. The first-order chi connectivity index (χ1) is 8.61. The molecule has 0 fully saturated rings. The summed E-state index contributed by atoms with van der Waals surface area (Å²) in [6, 6.07) is 13.8. The molecule has 0 radical (unpaired) electrons. The Kier molecular flexibility index (Phi) is 4.28. The molecule has 0 bridgehead atoms. The summed E-state index contributed by atoms with van der Waals surface area (Å²) in [6.07, 6.45) is 0.914. The van der Waals surface area contributed by atoms with Crippen LogP contribution < -0.4 is 5.73 Å². The number of hydrogen-bond acceptors (Lipinski definition) is 1. The molecule has 2 aromatic carbocycles. The average Bonchev–Trinajstić information content (AvgIpc) is 2.38. The molecule has 0 aliphatic rings. The summed E-state index contributed by atoms with van der Waals surface area (Å²) in [5, 5.41) is 1.30. The molecule has 1 atom stereocenters. The topological polar surface area (TPSA) is 26.0 Å². The molecule has 2 aromatic rings. The Morgan fingerprint density at radius 3 is 2.56 bits per heavy atom. The van der Waals surface area contributed by atoms with Gasteiger partial charge in [-0.3, -0.25) is 0 Å². The third kappa shape index (κ3) is 2.86. The monoisotopic (exact) mass is 279 g/mol. The predicted octanol–water partition coefficient (Wildman–Crippen LogP) is 5.07. The Balaban J connectivity index is 2.44.